The van der Waals surface area contributed by atoms with Gasteiger partial charge in [0.05, 0.1) is 16.7 Å². The van der Waals surface area contributed by atoms with Crippen molar-refractivity contribution < 1.29 is 28.8 Å². The van der Waals surface area contributed by atoms with E-state index in [1.165, 1.54) is 30.3 Å². The van der Waals surface area contributed by atoms with Crippen LogP contribution in [0.1, 0.15) is 48.1 Å². The standard InChI is InChI=1S/C30H20N2O6/c33-27-24-14-5-6-15-25(24)28(34)32(27)38-29(35)18-8-7-9-19(16-18)31-30(36)37-17-26-22-12-3-1-10-20(22)21-11-2-4-13-23(21)26/h1-16,26H,17H2,(H,31,36). The Labute approximate surface area is 217 Å². The van der Waals surface area contributed by atoms with Gasteiger partial charge in [0, 0.05) is 11.6 Å². The summed E-state index contributed by atoms with van der Waals surface area (Å²) in [7, 11) is 0. The van der Waals surface area contributed by atoms with Crippen molar-refractivity contribution in [2.75, 3.05) is 11.9 Å². The number of hydrogen-bond donors (Lipinski definition) is 1. The Bertz CT molecular complexity index is 1550. The van der Waals surface area contributed by atoms with E-state index in [4.69, 9.17) is 9.57 Å². The highest BCUT2D eigenvalue weighted by atomic mass is 16.7. The molecule has 1 aliphatic carbocycles. The second kappa shape index (κ2) is 9.33. The Balaban J connectivity index is 1.11. The van der Waals surface area contributed by atoms with Crippen LogP contribution < -0.4 is 5.32 Å². The number of carbonyl (C=O) groups is 4. The van der Waals surface area contributed by atoms with Crippen molar-refractivity contribution in [2.45, 2.75) is 5.92 Å². The van der Waals surface area contributed by atoms with Gasteiger partial charge >= 0.3 is 12.1 Å². The summed E-state index contributed by atoms with van der Waals surface area (Å²) in [5.41, 5.74) is 5.10. The smallest absolute Gasteiger partial charge is 0.411 e. The predicted octanol–water partition coefficient (Wildman–Crippen LogP) is 5.42. The molecule has 0 aromatic heterocycles. The Morgan fingerprint density at radius 1 is 0.711 bits per heavy atom. The molecule has 0 radical (unpaired) electrons. The molecule has 0 atom stereocenters. The molecule has 1 aliphatic heterocycles. The van der Waals surface area contributed by atoms with Gasteiger partial charge in [0.1, 0.15) is 6.61 Å². The summed E-state index contributed by atoms with van der Waals surface area (Å²) in [6.45, 7) is 0.140. The van der Waals surface area contributed by atoms with Gasteiger partial charge in [0.15, 0.2) is 0 Å². The van der Waals surface area contributed by atoms with Crippen molar-refractivity contribution in [3.63, 3.8) is 0 Å². The zero-order valence-corrected chi connectivity index (χ0v) is 19.9. The van der Waals surface area contributed by atoms with Gasteiger partial charge in [-0.3, -0.25) is 14.9 Å². The Morgan fingerprint density at radius 2 is 1.26 bits per heavy atom. The minimum atomic E-state index is -0.921. The molecule has 0 saturated heterocycles. The van der Waals surface area contributed by atoms with Crippen LogP contribution in [0.5, 0.6) is 0 Å². The molecule has 3 amide bonds. The SMILES string of the molecule is O=C(Nc1cccc(C(=O)ON2C(=O)c3ccccc3C2=O)c1)OCC1c2ccccc2-c2ccccc21. The fourth-order valence-corrected chi connectivity index (χ4v) is 4.86. The Hall–Kier alpha value is -5.24. The zero-order chi connectivity index (χ0) is 26.2. The number of fused-ring (bicyclic) bond motifs is 4. The molecule has 0 unspecified atom stereocenters. The molecule has 8 heteroatoms. The third kappa shape index (κ3) is 3.98. The fraction of sp³-hybridized carbons (Fsp3) is 0.0667. The van der Waals surface area contributed by atoms with Crippen LogP contribution in [0.4, 0.5) is 10.5 Å². The average Bonchev–Trinajstić information content (AvgIpc) is 3.39. The van der Waals surface area contributed by atoms with Gasteiger partial charge < -0.3 is 9.57 Å². The first-order chi connectivity index (χ1) is 18.5. The summed E-state index contributed by atoms with van der Waals surface area (Å²) in [5.74, 6) is -2.44. The molecule has 186 valence electrons. The number of anilines is 1. The zero-order valence-electron chi connectivity index (χ0n) is 19.9. The molecule has 0 saturated carbocycles. The molecule has 4 aromatic rings. The number of benzene rings is 4. The van der Waals surface area contributed by atoms with Crippen LogP contribution >= 0.6 is 0 Å². The van der Waals surface area contributed by atoms with Crippen molar-refractivity contribution in [3.05, 3.63) is 125 Å². The molecule has 1 N–H and O–H groups in total. The van der Waals surface area contributed by atoms with E-state index in [1.807, 2.05) is 36.4 Å². The maximum atomic E-state index is 12.7. The van der Waals surface area contributed by atoms with Crippen LogP contribution in [0.2, 0.25) is 0 Å². The second-order valence-electron chi connectivity index (χ2n) is 8.86. The molecule has 1 heterocycles. The first-order valence-electron chi connectivity index (χ1n) is 11.9. The van der Waals surface area contributed by atoms with Gasteiger partial charge in [-0.05, 0) is 52.6 Å². The van der Waals surface area contributed by atoms with E-state index in [1.54, 1.807) is 18.2 Å². The van der Waals surface area contributed by atoms with Gasteiger partial charge in [0.2, 0.25) is 0 Å². The normalized spacial score (nSPS) is 13.5. The van der Waals surface area contributed by atoms with Crippen molar-refractivity contribution in [1.29, 1.82) is 0 Å². The molecule has 6 rings (SSSR count). The highest BCUT2D eigenvalue weighted by Crippen LogP contribution is 2.44. The van der Waals surface area contributed by atoms with Crippen LogP contribution in [0.3, 0.4) is 0 Å². The minimum absolute atomic E-state index is 0.0398. The first kappa shape index (κ1) is 23.2. The molecular formula is C30H20N2O6. The number of rotatable bonds is 5. The van der Waals surface area contributed by atoms with Gasteiger partial charge in [-0.2, -0.15) is 0 Å². The number of nitrogens with one attached hydrogen (secondary N) is 1. The van der Waals surface area contributed by atoms with Crippen LogP contribution in [0.15, 0.2) is 97.1 Å². The number of carbonyl (C=O) groups excluding carboxylic acids is 4. The molecule has 0 bridgehead atoms. The van der Waals surface area contributed by atoms with Crippen LogP contribution in [-0.4, -0.2) is 35.5 Å². The van der Waals surface area contributed by atoms with E-state index in [0.29, 0.717) is 10.8 Å². The summed E-state index contributed by atoms with van der Waals surface area (Å²) in [6, 6.07) is 28.2. The van der Waals surface area contributed by atoms with Gasteiger partial charge in [-0.15, -0.1) is 0 Å². The van der Waals surface area contributed by atoms with Crippen molar-refractivity contribution in [3.8, 4) is 11.1 Å². The number of hydroxylamine groups is 2. The molecule has 8 nitrogen and oxygen atoms in total. The quantitative estimate of drug-likeness (QED) is 0.365. The summed E-state index contributed by atoms with van der Waals surface area (Å²) < 4.78 is 5.55. The predicted molar refractivity (Wildman–Crippen MR) is 137 cm³/mol. The molecule has 0 fully saturated rings. The lowest BCUT2D eigenvalue weighted by molar-refractivity contribution is -0.0584. The summed E-state index contributed by atoms with van der Waals surface area (Å²) in [5, 5.41) is 3.06. The lowest BCUT2D eigenvalue weighted by Crippen LogP contribution is -2.32. The molecular weight excluding hydrogens is 484 g/mol. The van der Waals surface area contributed by atoms with E-state index >= 15 is 0 Å². The highest BCUT2D eigenvalue weighted by Gasteiger charge is 2.38. The monoisotopic (exact) mass is 504 g/mol. The van der Waals surface area contributed by atoms with E-state index in [-0.39, 0.29) is 29.2 Å². The van der Waals surface area contributed by atoms with Crippen LogP contribution in [0, 0.1) is 0 Å². The van der Waals surface area contributed by atoms with E-state index in [2.05, 4.69) is 17.4 Å². The molecule has 38 heavy (non-hydrogen) atoms. The van der Waals surface area contributed by atoms with Gasteiger partial charge in [-0.1, -0.05) is 71.8 Å². The maximum Gasteiger partial charge on any atom is 0.411 e. The van der Waals surface area contributed by atoms with Gasteiger partial charge in [0.25, 0.3) is 11.8 Å². The summed E-state index contributed by atoms with van der Waals surface area (Å²) in [4.78, 5) is 55.4. The third-order valence-corrected chi connectivity index (χ3v) is 6.62. The average molecular weight is 504 g/mol. The highest BCUT2D eigenvalue weighted by molar-refractivity contribution is 6.21. The van der Waals surface area contributed by atoms with Crippen molar-refractivity contribution >= 4 is 29.6 Å². The van der Waals surface area contributed by atoms with Crippen molar-refractivity contribution in [1.82, 2.24) is 5.06 Å². The second-order valence-corrected chi connectivity index (χ2v) is 8.86. The summed E-state index contributed by atoms with van der Waals surface area (Å²) in [6.07, 6.45) is -0.683. The molecule has 4 aromatic carbocycles. The third-order valence-electron chi connectivity index (χ3n) is 6.62. The number of imide groups is 1. The minimum Gasteiger partial charge on any atom is -0.448 e. The van der Waals surface area contributed by atoms with E-state index in [9.17, 15) is 19.2 Å². The van der Waals surface area contributed by atoms with E-state index in [0.717, 1.165) is 22.3 Å². The number of nitrogens with zero attached hydrogens (tertiary/aromatic N) is 1. The lowest BCUT2D eigenvalue weighted by Gasteiger charge is -2.15. The number of ether oxygens (including phenoxy) is 1. The number of amides is 3. The van der Waals surface area contributed by atoms with Crippen molar-refractivity contribution in [2.24, 2.45) is 0 Å². The van der Waals surface area contributed by atoms with E-state index < -0.39 is 23.9 Å². The first-order valence-corrected chi connectivity index (χ1v) is 11.9. The molecule has 0 spiro atoms. The molecule has 2 aliphatic rings. The summed E-state index contributed by atoms with van der Waals surface area (Å²) >= 11 is 0. The van der Waals surface area contributed by atoms with Gasteiger partial charge in [-0.25, -0.2) is 9.59 Å². The Kier molecular flexibility index (Phi) is 5.69. The number of hydrogen-bond acceptors (Lipinski definition) is 6. The van der Waals surface area contributed by atoms with Crippen LogP contribution in [-0.2, 0) is 9.57 Å². The fourth-order valence-electron chi connectivity index (χ4n) is 4.86. The lowest BCUT2D eigenvalue weighted by atomic mass is 9.98. The maximum absolute atomic E-state index is 12.7. The van der Waals surface area contributed by atoms with Crippen LogP contribution in [0.25, 0.3) is 11.1 Å². The largest absolute Gasteiger partial charge is 0.448 e. The topological polar surface area (TPSA) is 102 Å². The Morgan fingerprint density at radius 3 is 1.87 bits per heavy atom.